The van der Waals surface area contributed by atoms with Crippen LogP contribution < -0.4 is 4.57 Å². The van der Waals surface area contributed by atoms with Gasteiger partial charge in [0.2, 0.25) is 0 Å². The molecular weight excluding hydrogens is 363 g/mol. The predicted octanol–water partition coefficient (Wildman–Crippen LogP) is 5.40. The first-order valence-electron chi connectivity index (χ1n) is 7.93. The Kier molecular flexibility index (Phi) is 4.29. The highest BCUT2D eigenvalue weighted by Crippen LogP contribution is 2.30. The quantitative estimate of drug-likeness (QED) is 0.540. The second-order valence-corrected chi connectivity index (χ2v) is 7.32. The molecule has 1 aliphatic heterocycles. The molecule has 0 radical (unpaired) electrons. The number of nitrogens with zero attached hydrogens (tertiary/aromatic N) is 2. The van der Waals surface area contributed by atoms with Gasteiger partial charge >= 0.3 is 0 Å². The third-order valence-corrected chi connectivity index (χ3v) is 5.47. The van der Waals surface area contributed by atoms with Gasteiger partial charge in [-0.15, -0.1) is 0 Å². The number of fused-ring (bicyclic) bond motifs is 1. The minimum atomic E-state index is 0.586. The number of imidazole rings is 1. The van der Waals surface area contributed by atoms with Gasteiger partial charge < -0.3 is 0 Å². The van der Waals surface area contributed by atoms with Crippen LogP contribution in [0.1, 0.15) is 17.8 Å². The molecule has 1 aliphatic rings. The summed E-state index contributed by atoms with van der Waals surface area (Å²) in [6, 6.07) is 13.9. The standard InChI is InChI=1S/C19H16Cl3N2/c20-15-6-3-13(4-7-15)11-23-12-18(24-9-1-2-19(23)24)14-5-8-16(21)17(22)10-14/h3-8,10,12H,1-2,9,11H2/q+1. The van der Waals surface area contributed by atoms with Crippen LogP contribution in [0.2, 0.25) is 15.1 Å². The lowest BCUT2D eigenvalue weighted by atomic mass is 10.1. The third-order valence-electron chi connectivity index (χ3n) is 4.48. The smallest absolute Gasteiger partial charge is 0.229 e. The Hall–Kier alpha value is -1.48. The average Bonchev–Trinajstić information content (AvgIpc) is 3.16. The molecule has 0 amide bonds. The second kappa shape index (κ2) is 6.44. The van der Waals surface area contributed by atoms with Crippen molar-refractivity contribution in [3.63, 3.8) is 0 Å². The topological polar surface area (TPSA) is 8.81 Å². The number of hydrogen-bond donors (Lipinski definition) is 0. The molecule has 1 aromatic heterocycles. The molecule has 2 aromatic carbocycles. The molecule has 0 N–H and O–H groups in total. The molecule has 0 unspecified atom stereocenters. The van der Waals surface area contributed by atoms with Gasteiger partial charge in [0.15, 0.2) is 5.69 Å². The molecule has 24 heavy (non-hydrogen) atoms. The van der Waals surface area contributed by atoms with Gasteiger partial charge in [-0.3, -0.25) is 0 Å². The van der Waals surface area contributed by atoms with E-state index in [1.807, 2.05) is 30.3 Å². The Bertz CT molecular complexity index is 898. The van der Waals surface area contributed by atoms with E-state index in [0.717, 1.165) is 30.1 Å². The Morgan fingerprint density at radius 2 is 1.75 bits per heavy atom. The van der Waals surface area contributed by atoms with E-state index < -0.39 is 0 Å². The highest BCUT2D eigenvalue weighted by Gasteiger charge is 2.28. The van der Waals surface area contributed by atoms with Crippen molar-refractivity contribution >= 4 is 34.8 Å². The minimum absolute atomic E-state index is 0.586. The molecule has 0 saturated heterocycles. The van der Waals surface area contributed by atoms with Crippen molar-refractivity contribution < 1.29 is 4.57 Å². The summed E-state index contributed by atoms with van der Waals surface area (Å²) >= 11 is 18.2. The summed E-state index contributed by atoms with van der Waals surface area (Å²) < 4.78 is 4.71. The van der Waals surface area contributed by atoms with Gasteiger partial charge in [0.25, 0.3) is 5.82 Å². The number of aromatic nitrogens is 2. The van der Waals surface area contributed by atoms with Crippen LogP contribution in [0.15, 0.2) is 48.7 Å². The van der Waals surface area contributed by atoms with Gasteiger partial charge in [-0.2, -0.15) is 0 Å². The fraction of sp³-hybridized carbons (Fsp3) is 0.211. The molecule has 122 valence electrons. The van der Waals surface area contributed by atoms with E-state index in [1.54, 1.807) is 0 Å². The maximum Gasteiger partial charge on any atom is 0.257 e. The lowest BCUT2D eigenvalue weighted by Gasteiger charge is -2.01. The number of hydrogen-bond acceptors (Lipinski definition) is 0. The van der Waals surface area contributed by atoms with Gasteiger partial charge in [0, 0.05) is 10.6 Å². The van der Waals surface area contributed by atoms with Crippen molar-refractivity contribution in [3.05, 3.63) is 75.1 Å². The molecule has 4 rings (SSSR count). The van der Waals surface area contributed by atoms with E-state index in [0.29, 0.717) is 10.0 Å². The number of rotatable bonds is 3. The van der Waals surface area contributed by atoms with Crippen LogP contribution in [-0.4, -0.2) is 4.57 Å². The molecule has 0 saturated carbocycles. The zero-order chi connectivity index (χ0) is 16.7. The second-order valence-electron chi connectivity index (χ2n) is 6.07. The Labute approximate surface area is 156 Å². The lowest BCUT2D eigenvalue weighted by Crippen LogP contribution is -2.36. The minimum Gasteiger partial charge on any atom is -0.229 e. The van der Waals surface area contributed by atoms with Crippen LogP contribution in [0, 0.1) is 0 Å². The van der Waals surface area contributed by atoms with E-state index in [4.69, 9.17) is 34.8 Å². The summed E-state index contributed by atoms with van der Waals surface area (Å²) in [6.07, 6.45) is 4.47. The van der Waals surface area contributed by atoms with Crippen molar-refractivity contribution in [2.45, 2.75) is 25.9 Å². The first kappa shape index (κ1) is 16.0. The number of halogens is 3. The third kappa shape index (κ3) is 2.95. The van der Waals surface area contributed by atoms with Gasteiger partial charge in [0.1, 0.15) is 12.7 Å². The van der Waals surface area contributed by atoms with E-state index in [-0.39, 0.29) is 0 Å². The van der Waals surface area contributed by atoms with Crippen LogP contribution >= 0.6 is 34.8 Å². The van der Waals surface area contributed by atoms with E-state index in [1.165, 1.54) is 23.5 Å². The summed E-state index contributed by atoms with van der Waals surface area (Å²) in [4.78, 5) is 0. The van der Waals surface area contributed by atoms with Gasteiger partial charge in [-0.25, -0.2) is 9.13 Å². The van der Waals surface area contributed by atoms with Crippen molar-refractivity contribution in [2.75, 3.05) is 0 Å². The van der Waals surface area contributed by atoms with E-state index in [2.05, 4.69) is 27.5 Å². The summed E-state index contributed by atoms with van der Waals surface area (Å²) in [7, 11) is 0. The highest BCUT2D eigenvalue weighted by atomic mass is 35.5. The molecule has 0 aliphatic carbocycles. The fourth-order valence-corrected chi connectivity index (χ4v) is 3.74. The van der Waals surface area contributed by atoms with Crippen LogP contribution in [0.25, 0.3) is 11.3 Å². The van der Waals surface area contributed by atoms with Crippen molar-refractivity contribution in [3.8, 4) is 11.3 Å². The largest absolute Gasteiger partial charge is 0.257 e. The summed E-state index contributed by atoms with van der Waals surface area (Å²) in [5.41, 5.74) is 3.53. The molecule has 0 spiro atoms. The average molecular weight is 379 g/mol. The van der Waals surface area contributed by atoms with E-state index >= 15 is 0 Å². The molecular formula is C19H16Cl3N2+. The molecule has 0 fully saturated rings. The Balaban J connectivity index is 1.74. The van der Waals surface area contributed by atoms with Crippen molar-refractivity contribution in [2.24, 2.45) is 0 Å². The maximum atomic E-state index is 6.21. The summed E-state index contributed by atoms with van der Waals surface area (Å²) in [6.45, 7) is 1.88. The number of benzene rings is 2. The Morgan fingerprint density at radius 1 is 0.958 bits per heavy atom. The summed E-state index contributed by atoms with van der Waals surface area (Å²) in [5.74, 6) is 1.35. The monoisotopic (exact) mass is 377 g/mol. The maximum absolute atomic E-state index is 6.21. The van der Waals surface area contributed by atoms with Gasteiger partial charge in [-0.05, 0) is 42.3 Å². The molecule has 2 heterocycles. The highest BCUT2D eigenvalue weighted by molar-refractivity contribution is 6.42. The zero-order valence-electron chi connectivity index (χ0n) is 13.0. The van der Waals surface area contributed by atoms with Crippen LogP contribution in [0.5, 0.6) is 0 Å². The molecule has 0 atom stereocenters. The molecule has 5 heteroatoms. The van der Waals surface area contributed by atoms with Crippen molar-refractivity contribution in [1.82, 2.24) is 4.57 Å². The van der Waals surface area contributed by atoms with E-state index in [9.17, 15) is 0 Å². The fourth-order valence-electron chi connectivity index (χ4n) is 3.32. The normalized spacial score (nSPS) is 13.3. The Morgan fingerprint density at radius 3 is 2.50 bits per heavy atom. The van der Waals surface area contributed by atoms with Crippen molar-refractivity contribution in [1.29, 1.82) is 0 Å². The molecule has 0 bridgehead atoms. The van der Waals surface area contributed by atoms with Crippen LogP contribution in [-0.2, 0) is 19.5 Å². The van der Waals surface area contributed by atoms with Gasteiger partial charge in [0.05, 0.1) is 23.0 Å². The van der Waals surface area contributed by atoms with Crippen LogP contribution in [0.4, 0.5) is 0 Å². The first-order valence-corrected chi connectivity index (χ1v) is 9.07. The summed E-state index contributed by atoms with van der Waals surface area (Å²) in [5, 5.41) is 1.94. The first-order chi connectivity index (χ1) is 11.6. The van der Waals surface area contributed by atoms with Gasteiger partial charge in [-0.1, -0.05) is 46.9 Å². The zero-order valence-corrected chi connectivity index (χ0v) is 15.2. The predicted molar refractivity (Wildman–Crippen MR) is 99.0 cm³/mol. The molecule has 3 aromatic rings. The SMILES string of the molecule is Clc1ccc(C[n+]2cc(-c3ccc(Cl)c(Cl)c3)n3c2CCC3)cc1. The molecule has 2 nitrogen and oxygen atoms in total. The lowest BCUT2D eigenvalue weighted by molar-refractivity contribution is -0.694. The van der Waals surface area contributed by atoms with Crippen LogP contribution in [0.3, 0.4) is 0 Å².